The number of carbonyl (C=O) groups excluding carboxylic acids is 1. The molecule has 0 saturated heterocycles. The quantitative estimate of drug-likeness (QED) is 0.462. The van der Waals surface area contributed by atoms with Crippen LogP contribution in [0.3, 0.4) is 0 Å². The van der Waals surface area contributed by atoms with E-state index in [2.05, 4.69) is 10.5 Å². The molecule has 0 fully saturated rings. The van der Waals surface area contributed by atoms with Gasteiger partial charge in [0.2, 0.25) is 6.79 Å². The van der Waals surface area contributed by atoms with Crippen molar-refractivity contribution in [3.8, 4) is 23.0 Å². The number of benzene rings is 3. The second-order valence-electron chi connectivity index (χ2n) is 6.95. The number of methoxy groups -OCH3 is 1. The highest BCUT2D eigenvalue weighted by molar-refractivity contribution is 5.95. The Kier molecular flexibility index (Phi) is 6.03. The summed E-state index contributed by atoms with van der Waals surface area (Å²) in [6.07, 6.45) is 1.54. The van der Waals surface area contributed by atoms with E-state index < -0.39 is 0 Å². The number of hydrogen-bond acceptors (Lipinski definition) is 6. The highest BCUT2D eigenvalue weighted by Gasteiger charge is 2.15. The maximum absolute atomic E-state index is 12.3. The summed E-state index contributed by atoms with van der Waals surface area (Å²) in [4.78, 5) is 12.3. The normalized spacial score (nSPS) is 12.1. The number of nitrogens with one attached hydrogen (secondary N) is 1. The minimum absolute atomic E-state index is 0.158. The Balaban J connectivity index is 1.37. The fraction of sp³-hybridized carbons (Fsp3) is 0.167. The van der Waals surface area contributed by atoms with Crippen LogP contribution < -0.4 is 24.4 Å². The van der Waals surface area contributed by atoms with Crippen LogP contribution in [0.2, 0.25) is 0 Å². The van der Waals surface area contributed by atoms with Gasteiger partial charge in [0.25, 0.3) is 5.91 Å². The van der Waals surface area contributed by atoms with Crippen LogP contribution >= 0.6 is 0 Å². The lowest BCUT2D eigenvalue weighted by molar-refractivity contribution is 0.0954. The Morgan fingerprint density at radius 3 is 2.65 bits per heavy atom. The zero-order chi connectivity index (χ0) is 21.6. The van der Waals surface area contributed by atoms with E-state index in [0.717, 1.165) is 11.1 Å². The van der Waals surface area contributed by atoms with E-state index in [1.165, 1.54) is 11.8 Å². The van der Waals surface area contributed by atoms with Crippen LogP contribution in [0.25, 0.3) is 0 Å². The molecular formula is C24H22N2O5. The standard InChI is InChI=1S/C24H22N2O5/c1-16-3-5-17(6-4-16)14-29-20-9-7-18(11-22(20)28-2)13-25-26-24(27)19-8-10-21-23(12-19)31-15-30-21/h3-13H,14-15H2,1-2H3,(H,26,27)/b25-13-. The molecule has 0 saturated carbocycles. The highest BCUT2D eigenvalue weighted by Crippen LogP contribution is 2.32. The molecule has 1 aliphatic rings. The lowest BCUT2D eigenvalue weighted by Crippen LogP contribution is -2.17. The van der Waals surface area contributed by atoms with Crippen molar-refractivity contribution in [3.63, 3.8) is 0 Å². The van der Waals surface area contributed by atoms with E-state index in [1.54, 1.807) is 31.4 Å². The van der Waals surface area contributed by atoms with Gasteiger partial charge in [0.05, 0.1) is 13.3 Å². The van der Waals surface area contributed by atoms with Crippen LogP contribution in [0.5, 0.6) is 23.0 Å². The predicted molar refractivity (Wildman–Crippen MR) is 116 cm³/mol. The first kappa shape index (κ1) is 20.3. The van der Waals surface area contributed by atoms with Crippen LogP contribution in [0.4, 0.5) is 0 Å². The fourth-order valence-electron chi connectivity index (χ4n) is 3.00. The van der Waals surface area contributed by atoms with Crippen LogP contribution in [0.15, 0.2) is 65.8 Å². The van der Waals surface area contributed by atoms with Gasteiger partial charge in [-0.25, -0.2) is 5.43 Å². The van der Waals surface area contributed by atoms with Crippen molar-refractivity contribution >= 4 is 12.1 Å². The summed E-state index contributed by atoms with van der Waals surface area (Å²) >= 11 is 0. The summed E-state index contributed by atoms with van der Waals surface area (Å²) in [6, 6.07) is 18.6. The van der Waals surface area contributed by atoms with Gasteiger partial charge in [0.15, 0.2) is 23.0 Å². The van der Waals surface area contributed by atoms with Crippen molar-refractivity contribution in [1.82, 2.24) is 5.43 Å². The van der Waals surface area contributed by atoms with Gasteiger partial charge < -0.3 is 18.9 Å². The molecule has 0 radical (unpaired) electrons. The summed E-state index contributed by atoms with van der Waals surface area (Å²) in [6.45, 7) is 2.65. The number of rotatable bonds is 7. The molecule has 1 amide bonds. The molecule has 0 aromatic heterocycles. The number of hydrogen-bond donors (Lipinski definition) is 1. The molecule has 0 spiro atoms. The van der Waals surface area contributed by atoms with Crippen molar-refractivity contribution < 1.29 is 23.7 Å². The number of nitrogens with zero attached hydrogens (tertiary/aromatic N) is 1. The van der Waals surface area contributed by atoms with E-state index in [-0.39, 0.29) is 12.7 Å². The Bertz CT molecular complexity index is 1110. The van der Waals surface area contributed by atoms with Crippen molar-refractivity contribution in [3.05, 3.63) is 82.9 Å². The zero-order valence-electron chi connectivity index (χ0n) is 17.3. The monoisotopic (exact) mass is 418 g/mol. The molecule has 3 aromatic rings. The maximum atomic E-state index is 12.3. The summed E-state index contributed by atoms with van der Waals surface area (Å²) in [7, 11) is 1.58. The van der Waals surface area contributed by atoms with Gasteiger partial charge in [-0.05, 0) is 54.4 Å². The van der Waals surface area contributed by atoms with Gasteiger partial charge in [-0.2, -0.15) is 5.10 Å². The Hall–Kier alpha value is -4.00. The second kappa shape index (κ2) is 9.21. The Morgan fingerprint density at radius 2 is 1.84 bits per heavy atom. The molecule has 7 nitrogen and oxygen atoms in total. The summed E-state index contributed by atoms with van der Waals surface area (Å²) in [5, 5.41) is 4.03. The van der Waals surface area contributed by atoms with Crippen LogP contribution in [0, 0.1) is 6.92 Å². The van der Waals surface area contributed by atoms with Gasteiger partial charge in [-0.15, -0.1) is 0 Å². The Labute approximate surface area is 180 Å². The van der Waals surface area contributed by atoms with Crippen LogP contribution in [0.1, 0.15) is 27.0 Å². The van der Waals surface area contributed by atoms with E-state index in [0.29, 0.717) is 35.2 Å². The topological polar surface area (TPSA) is 78.4 Å². The fourth-order valence-corrected chi connectivity index (χ4v) is 3.00. The number of ether oxygens (including phenoxy) is 4. The van der Waals surface area contributed by atoms with E-state index in [4.69, 9.17) is 18.9 Å². The number of carbonyl (C=O) groups is 1. The average molecular weight is 418 g/mol. The molecule has 0 bridgehead atoms. The third kappa shape index (κ3) is 4.95. The summed E-state index contributed by atoms with van der Waals surface area (Å²) in [5.74, 6) is 2.03. The molecular weight excluding hydrogens is 396 g/mol. The number of hydrazone groups is 1. The van der Waals surface area contributed by atoms with Crippen LogP contribution in [-0.2, 0) is 6.61 Å². The van der Waals surface area contributed by atoms with Crippen molar-refractivity contribution in [1.29, 1.82) is 0 Å². The molecule has 3 aromatic carbocycles. The van der Waals surface area contributed by atoms with Gasteiger partial charge in [-0.1, -0.05) is 29.8 Å². The van der Waals surface area contributed by atoms with E-state index >= 15 is 0 Å². The zero-order valence-corrected chi connectivity index (χ0v) is 17.3. The van der Waals surface area contributed by atoms with Gasteiger partial charge in [0, 0.05) is 5.56 Å². The SMILES string of the molecule is COc1cc(/C=N\NC(=O)c2ccc3c(c2)OCO3)ccc1OCc1ccc(C)cc1. The number of aryl methyl sites for hydroxylation is 1. The predicted octanol–water partition coefficient (Wildman–Crippen LogP) is 4.08. The van der Waals surface area contributed by atoms with Gasteiger partial charge in [-0.3, -0.25) is 4.79 Å². The van der Waals surface area contributed by atoms with Crippen LogP contribution in [-0.4, -0.2) is 26.0 Å². The molecule has 1 aliphatic heterocycles. The lowest BCUT2D eigenvalue weighted by atomic mass is 10.2. The molecule has 0 aliphatic carbocycles. The minimum Gasteiger partial charge on any atom is -0.493 e. The highest BCUT2D eigenvalue weighted by atomic mass is 16.7. The first-order chi connectivity index (χ1) is 15.1. The number of fused-ring (bicyclic) bond motifs is 1. The molecule has 31 heavy (non-hydrogen) atoms. The molecule has 0 atom stereocenters. The second-order valence-corrected chi connectivity index (χ2v) is 6.95. The smallest absolute Gasteiger partial charge is 0.271 e. The van der Waals surface area contributed by atoms with Crippen molar-refractivity contribution in [2.24, 2.45) is 5.10 Å². The lowest BCUT2D eigenvalue weighted by Gasteiger charge is -2.11. The first-order valence-corrected chi connectivity index (χ1v) is 9.72. The average Bonchev–Trinajstić information content (AvgIpc) is 3.27. The molecule has 0 unspecified atom stereocenters. The Morgan fingerprint density at radius 1 is 1.03 bits per heavy atom. The summed E-state index contributed by atoms with van der Waals surface area (Å²) in [5.41, 5.74) is 5.97. The number of amides is 1. The first-order valence-electron chi connectivity index (χ1n) is 9.72. The van der Waals surface area contributed by atoms with Crippen molar-refractivity contribution in [2.45, 2.75) is 13.5 Å². The van der Waals surface area contributed by atoms with Crippen molar-refractivity contribution in [2.75, 3.05) is 13.9 Å². The largest absolute Gasteiger partial charge is 0.493 e. The molecule has 4 rings (SSSR count). The van der Waals surface area contributed by atoms with Gasteiger partial charge >= 0.3 is 0 Å². The molecule has 1 N–H and O–H groups in total. The third-order valence-electron chi connectivity index (χ3n) is 4.72. The van der Waals surface area contributed by atoms with E-state index in [9.17, 15) is 4.79 Å². The maximum Gasteiger partial charge on any atom is 0.271 e. The van der Waals surface area contributed by atoms with Gasteiger partial charge in [0.1, 0.15) is 6.61 Å². The summed E-state index contributed by atoms with van der Waals surface area (Å²) < 4.78 is 21.8. The molecule has 1 heterocycles. The third-order valence-corrected chi connectivity index (χ3v) is 4.72. The van der Waals surface area contributed by atoms with E-state index in [1.807, 2.05) is 43.3 Å². The minimum atomic E-state index is -0.348. The molecule has 7 heteroatoms. The molecule has 158 valence electrons.